The highest BCUT2D eigenvalue weighted by molar-refractivity contribution is 7.92. The summed E-state index contributed by atoms with van der Waals surface area (Å²) >= 11 is 6.07. The summed E-state index contributed by atoms with van der Waals surface area (Å²) < 4.78 is 33.3. The minimum atomic E-state index is -3.97. The Hall–Kier alpha value is -3.08. The molecule has 4 rings (SSSR count). The van der Waals surface area contributed by atoms with E-state index in [1.807, 2.05) is 0 Å². The Morgan fingerprint density at radius 3 is 2.50 bits per heavy atom. The third-order valence-electron chi connectivity index (χ3n) is 5.85. The first-order valence-corrected chi connectivity index (χ1v) is 12.6. The van der Waals surface area contributed by atoms with Crippen LogP contribution in [0.5, 0.6) is 5.75 Å². The molecular formula is C23H25ClN4O5S. The number of piperazine rings is 1. The van der Waals surface area contributed by atoms with Crippen LogP contribution in [0.15, 0.2) is 47.4 Å². The van der Waals surface area contributed by atoms with Gasteiger partial charge in [0.2, 0.25) is 0 Å². The molecule has 0 radical (unpaired) electrons. The number of hydrogen-bond donors (Lipinski definition) is 2. The van der Waals surface area contributed by atoms with E-state index in [1.54, 1.807) is 18.2 Å². The highest BCUT2D eigenvalue weighted by atomic mass is 35.5. The summed E-state index contributed by atoms with van der Waals surface area (Å²) in [5.41, 5.74) is 0.753. The second-order valence-electron chi connectivity index (χ2n) is 7.89. The van der Waals surface area contributed by atoms with Gasteiger partial charge >= 0.3 is 5.97 Å². The first kappa shape index (κ1) is 24.1. The number of anilines is 2. The van der Waals surface area contributed by atoms with Crippen molar-refractivity contribution in [2.24, 2.45) is 0 Å². The summed E-state index contributed by atoms with van der Waals surface area (Å²) in [6, 6.07) is 10.3. The molecule has 0 aliphatic carbocycles. The second kappa shape index (κ2) is 9.65. The number of carboxylic acids is 1. The van der Waals surface area contributed by atoms with Crippen molar-refractivity contribution in [3.05, 3.63) is 53.1 Å². The molecule has 1 fully saturated rings. The van der Waals surface area contributed by atoms with Gasteiger partial charge in [-0.15, -0.1) is 0 Å². The van der Waals surface area contributed by atoms with Crippen molar-refractivity contribution >= 4 is 50.0 Å². The minimum absolute atomic E-state index is 0.0449. The number of methoxy groups -OCH3 is 1. The molecule has 1 aliphatic heterocycles. The monoisotopic (exact) mass is 504 g/mol. The Bertz CT molecular complexity index is 1340. The smallest absolute Gasteiger partial charge is 0.336 e. The van der Waals surface area contributed by atoms with Crippen molar-refractivity contribution in [3.8, 4) is 5.75 Å². The first-order chi connectivity index (χ1) is 16.2. The number of likely N-dealkylation sites (N-methyl/N-ethyl adjacent to an activating group) is 1. The maximum Gasteiger partial charge on any atom is 0.336 e. The molecule has 11 heteroatoms. The Balaban J connectivity index is 1.66. The van der Waals surface area contributed by atoms with E-state index in [1.165, 1.54) is 31.4 Å². The third kappa shape index (κ3) is 4.89. The van der Waals surface area contributed by atoms with Gasteiger partial charge in [0.15, 0.2) is 0 Å². The molecule has 0 unspecified atom stereocenters. The predicted molar refractivity (Wildman–Crippen MR) is 132 cm³/mol. The number of carbonyl (C=O) groups is 1. The second-order valence-corrected chi connectivity index (χ2v) is 9.98. The van der Waals surface area contributed by atoms with Crippen molar-refractivity contribution < 1.29 is 23.1 Å². The van der Waals surface area contributed by atoms with Crippen LogP contribution in [0.25, 0.3) is 10.9 Å². The highest BCUT2D eigenvalue weighted by Crippen LogP contribution is 2.30. The molecule has 0 bridgehead atoms. The van der Waals surface area contributed by atoms with Gasteiger partial charge in [-0.2, -0.15) is 0 Å². The zero-order valence-electron chi connectivity index (χ0n) is 18.8. The molecule has 0 saturated carbocycles. The number of aromatic nitrogens is 1. The zero-order chi connectivity index (χ0) is 24.5. The fraction of sp³-hybridized carbons (Fsp3) is 0.304. The average Bonchev–Trinajstić information content (AvgIpc) is 2.83. The van der Waals surface area contributed by atoms with Gasteiger partial charge in [0.1, 0.15) is 11.6 Å². The maximum atomic E-state index is 12.9. The highest BCUT2D eigenvalue weighted by Gasteiger charge is 2.21. The van der Waals surface area contributed by atoms with Crippen LogP contribution in [-0.4, -0.2) is 69.2 Å². The van der Waals surface area contributed by atoms with Crippen LogP contribution in [0.3, 0.4) is 0 Å². The Morgan fingerprint density at radius 1 is 1.15 bits per heavy atom. The number of pyridine rings is 1. The summed E-state index contributed by atoms with van der Waals surface area (Å²) in [6.07, 6.45) is 0. The molecule has 2 heterocycles. The van der Waals surface area contributed by atoms with Gasteiger partial charge in [-0.1, -0.05) is 18.5 Å². The largest absolute Gasteiger partial charge is 0.495 e. The third-order valence-corrected chi connectivity index (χ3v) is 7.53. The fourth-order valence-electron chi connectivity index (χ4n) is 3.94. The maximum absolute atomic E-state index is 12.9. The summed E-state index contributed by atoms with van der Waals surface area (Å²) in [5.74, 6) is -0.153. The Morgan fingerprint density at radius 2 is 1.88 bits per heavy atom. The number of rotatable bonds is 7. The Labute approximate surface area is 203 Å². The SMILES string of the molecule is CCN1CCN(c2cc(C(=O)O)c3cc(NS(=O)(=O)c4ccc(OC)c(Cl)c4)ccc3n2)CC1. The van der Waals surface area contributed by atoms with Gasteiger partial charge in [-0.05, 0) is 49.0 Å². The van der Waals surface area contributed by atoms with E-state index in [0.29, 0.717) is 22.5 Å². The van der Waals surface area contributed by atoms with Crippen LogP contribution < -0.4 is 14.4 Å². The molecular weight excluding hydrogens is 480 g/mol. The predicted octanol–water partition coefficient (Wildman–Crippen LogP) is 3.54. The van der Waals surface area contributed by atoms with E-state index in [9.17, 15) is 18.3 Å². The van der Waals surface area contributed by atoms with Crippen molar-refractivity contribution in [1.82, 2.24) is 9.88 Å². The van der Waals surface area contributed by atoms with Crippen molar-refractivity contribution in [2.45, 2.75) is 11.8 Å². The molecule has 0 spiro atoms. The number of carboxylic acid groups (broad SMARTS) is 1. The van der Waals surface area contributed by atoms with Crippen molar-refractivity contribution in [2.75, 3.05) is 49.5 Å². The molecule has 9 nitrogen and oxygen atoms in total. The lowest BCUT2D eigenvalue weighted by atomic mass is 10.1. The number of ether oxygens (including phenoxy) is 1. The number of aromatic carboxylic acids is 1. The van der Waals surface area contributed by atoms with E-state index >= 15 is 0 Å². The van der Waals surface area contributed by atoms with Crippen LogP contribution >= 0.6 is 11.6 Å². The Kier molecular flexibility index (Phi) is 6.83. The summed E-state index contributed by atoms with van der Waals surface area (Å²) in [7, 11) is -2.53. The number of benzene rings is 2. The lowest BCUT2D eigenvalue weighted by Gasteiger charge is -2.35. The van der Waals surface area contributed by atoms with Crippen molar-refractivity contribution in [1.29, 1.82) is 0 Å². The summed E-state index contributed by atoms with van der Waals surface area (Å²) in [6.45, 7) is 6.37. The molecule has 0 atom stereocenters. The van der Waals surface area contributed by atoms with E-state index in [4.69, 9.17) is 16.3 Å². The average molecular weight is 505 g/mol. The normalized spacial score (nSPS) is 14.9. The van der Waals surface area contributed by atoms with Crippen LogP contribution in [0.1, 0.15) is 17.3 Å². The van der Waals surface area contributed by atoms with Gasteiger partial charge in [0.05, 0.1) is 28.1 Å². The van der Waals surface area contributed by atoms with Gasteiger partial charge < -0.3 is 19.6 Å². The van der Waals surface area contributed by atoms with Crippen LogP contribution in [0.4, 0.5) is 11.5 Å². The lowest BCUT2D eigenvalue weighted by molar-refractivity contribution is 0.0699. The first-order valence-electron chi connectivity index (χ1n) is 10.7. The number of sulfonamides is 1. The number of halogens is 1. The quantitative estimate of drug-likeness (QED) is 0.502. The van der Waals surface area contributed by atoms with E-state index in [2.05, 4.69) is 26.4 Å². The number of nitrogens with zero attached hydrogens (tertiary/aromatic N) is 3. The van der Waals surface area contributed by atoms with E-state index in [-0.39, 0.29) is 21.2 Å². The number of nitrogens with one attached hydrogen (secondary N) is 1. The van der Waals surface area contributed by atoms with Gasteiger partial charge in [-0.3, -0.25) is 4.72 Å². The van der Waals surface area contributed by atoms with Gasteiger partial charge in [0.25, 0.3) is 10.0 Å². The molecule has 1 saturated heterocycles. The molecule has 1 aromatic heterocycles. The van der Waals surface area contributed by atoms with Crippen LogP contribution in [0.2, 0.25) is 5.02 Å². The topological polar surface area (TPSA) is 112 Å². The zero-order valence-corrected chi connectivity index (χ0v) is 20.4. The van der Waals surface area contributed by atoms with Gasteiger partial charge in [0, 0.05) is 37.3 Å². The summed E-state index contributed by atoms with van der Waals surface area (Å²) in [4.78, 5) is 21.0. The molecule has 180 valence electrons. The lowest BCUT2D eigenvalue weighted by Crippen LogP contribution is -2.46. The molecule has 2 aromatic carbocycles. The molecule has 0 amide bonds. The van der Waals surface area contributed by atoms with Crippen LogP contribution in [0, 0.1) is 0 Å². The molecule has 1 aliphatic rings. The number of hydrogen-bond acceptors (Lipinski definition) is 7. The molecule has 34 heavy (non-hydrogen) atoms. The van der Waals surface area contributed by atoms with E-state index < -0.39 is 16.0 Å². The minimum Gasteiger partial charge on any atom is -0.495 e. The standard InChI is InChI=1S/C23H25ClN4O5S/c1-3-27-8-10-28(11-9-27)22-14-18(23(29)30)17-12-15(4-6-20(17)25-22)26-34(31,32)16-5-7-21(33-2)19(24)13-16/h4-7,12-14,26H,3,8-11H2,1-2H3,(H,29,30). The molecule has 2 N–H and O–H groups in total. The van der Waals surface area contributed by atoms with Crippen LogP contribution in [-0.2, 0) is 10.0 Å². The van der Waals surface area contributed by atoms with Gasteiger partial charge in [-0.25, -0.2) is 18.2 Å². The fourth-order valence-corrected chi connectivity index (χ4v) is 5.33. The van der Waals surface area contributed by atoms with Crippen molar-refractivity contribution in [3.63, 3.8) is 0 Å². The summed E-state index contributed by atoms with van der Waals surface area (Å²) in [5, 5.41) is 10.4. The van der Waals surface area contributed by atoms with E-state index in [0.717, 1.165) is 32.7 Å². The number of fused-ring (bicyclic) bond motifs is 1. The molecule has 3 aromatic rings.